The van der Waals surface area contributed by atoms with Gasteiger partial charge >= 0.3 is 5.91 Å². The Labute approximate surface area is 238 Å². The van der Waals surface area contributed by atoms with E-state index in [4.69, 9.17) is 9.15 Å². The highest BCUT2D eigenvalue weighted by Crippen LogP contribution is 2.30. The Morgan fingerprint density at radius 1 is 1.09 bits per heavy atom. The zero-order valence-corrected chi connectivity index (χ0v) is 24.6. The molecule has 0 aliphatic carbocycles. The fraction of sp³-hybridized carbons (Fsp3) is 0.0435. The molecule has 1 heterocycles. The Morgan fingerprint density at radius 3 is 2.55 bits per heavy atom. The van der Waals surface area contributed by atoms with Crippen LogP contribution in [-0.2, 0) is 6.61 Å². The van der Waals surface area contributed by atoms with Crippen molar-refractivity contribution in [1.82, 2.24) is 5.43 Å². The minimum Gasteiger partial charge on any atom is -0.487 e. The molecule has 0 unspecified atom stereocenters. The zero-order valence-electron chi connectivity index (χ0n) is 16.5. The average molecular weight is 845 g/mol. The van der Waals surface area contributed by atoms with E-state index in [1.807, 2.05) is 24.3 Å². The van der Waals surface area contributed by atoms with E-state index in [-0.39, 0.29) is 18.2 Å². The summed E-state index contributed by atoms with van der Waals surface area (Å²) in [7, 11) is 0. The summed E-state index contributed by atoms with van der Waals surface area (Å²) in [5.41, 5.74) is 4.42. The van der Waals surface area contributed by atoms with Gasteiger partial charge in [0.1, 0.15) is 23.8 Å². The highest BCUT2D eigenvalue weighted by molar-refractivity contribution is 14.1. The summed E-state index contributed by atoms with van der Waals surface area (Å²) >= 11 is 9.92. The molecule has 0 aliphatic rings. The molecular formula is C23H13BrFI3N2O3. The maximum Gasteiger partial charge on any atom is 0.307 e. The largest absolute Gasteiger partial charge is 0.487 e. The van der Waals surface area contributed by atoms with Gasteiger partial charge in [0.05, 0.1) is 16.9 Å². The van der Waals surface area contributed by atoms with E-state index < -0.39 is 5.91 Å². The Hall–Kier alpha value is -1.26. The molecule has 1 aromatic heterocycles. The fourth-order valence-electron chi connectivity index (χ4n) is 2.97. The monoisotopic (exact) mass is 844 g/mol. The van der Waals surface area contributed by atoms with E-state index in [1.54, 1.807) is 30.5 Å². The van der Waals surface area contributed by atoms with Gasteiger partial charge < -0.3 is 9.15 Å². The third kappa shape index (κ3) is 6.06. The van der Waals surface area contributed by atoms with Crippen molar-refractivity contribution in [3.05, 3.63) is 92.5 Å². The van der Waals surface area contributed by atoms with Gasteiger partial charge in [-0.05, 0) is 110 Å². The lowest BCUT2D eigenvalue weighted by molar-refractivity contribution is 0.0929. The normalized spacial score (nSPS) is 11.3. The second-order valence-corrected chi connectivity index (χ2v) is 11.2. The summed E-state index contributed by atoms with van der Waals surface area (Å²) in [5.74, 6) is 0.111. The van der Waals surface area contributed by atoms with Crippen LogP contribution in [0.2, 0.25) is 0 Å². The predicted molar refractivity (Wildman–Crippen MR) is 154 cm³/mol. The second kappa shape index (κ2) is 11.0. The molecule has 0 atom stereocenters. The molecule has 4 aromatic rings. The standard InChI is InChI=1S/C23H13BrFI3N2O3/c24-15-7-14-8-20(33-21(14)19(28)9-15)23(31)30-29-10-12-5-17(26)22(18(27)6-12)32-11-13-3-1-2-4-16(13)25/h1-10H,11H2,(H,30,31)/b29-10-. The van der Waals surface area contributed by atoms with E-state index in [1.165, 1.54) is 6.07 Å². The van der Waals surface area contributed by atoms with Gasteiger partial charge in [-0.25, -0.2) is 9.82 Å². The van der Waals surface area contributed by atoms with Crippen LogP contribution in [0.4, 0.5) is 4.39 Å². The summed E-state index contributed by atoms with van der Waals surface area (Å²) in [6, 6.07) is 15.8. The Bertz CT molecular complexity index is 1370. The van der Waals surface area contributed by atoms with Crippen LogP contribution >= 0.6 is 83.7 Å². The van der Waals surface area contributed by atoms with Gasteiger partial charge in [0, 0.05) is 15.4 Å². The molecule has 0 fully saturated rings. The van der Waals surface area contributed by atoms with Crippen LogP contribution < -0.4 is 10.2 Å². The molecular weight excluding hydrogens is 832 g/mol. The van der Waals surface area contributed by atoms with Crippen LogP contribution in [0.25, 0.3) is 11.0 Å². The number of halogens is 5. The lowest BCUT2D eigenvalue weighted by Crippen LogP contribution is -2.16. The van der Waals surface area contributed by atoms with Crippen LogP contribution in [0.5, 0.6) is 5.75 Å². The minimum absolute atomic E-state index is 0.134. The van der Waals surface area contributed by atoms with Gasteiger partial charge in [-0.1, -0.05) is 34.1 Å². The Balaban J connectivity index is 1.43. The van der Waals surface area contributed by atoms with Crippen LogP contribution in [0.3, 0.4) is 0 Å². The summed E-state index contributed by atoms with van der Waals surface area (Å²) in [6.07, 6.45) is 1.55. The first-order valence-corrected chi connectivity index (χ1v) is 13.4. The van der Waals surface area contributed by atoms with Crippen molar-refractivity contribution in [3.8, 4) is 5.75 Å². The zero-order chi connectivity index (χ0) is 23.5. The first-order valence-electron chi connectivity index (χ1n) is 9.39. The van der Waals surface area contributed by atoms with Crippen molar-refractivity contribution in [3.63, 3.8) is 0 Å². The molecule has 168 valence electrons. The van der Waals surface area contributed by atoms with E-state index in [9.17, 15) is 9.18 Å². The Morgan fingerprint density at radius 2 is 1.82 bits per heavy atom. The molecule has 5 nitrogen and oxygen atoms in total. The number of carbonyl (C=O) groups is 1. The molecule has 0 bridgehead atoms. The van der Waals surface area contributed by atoms with Gasteiger partial charge in [0.2, 0.25) is 0 Å². The van der Waals surface area contributed by atoms with Crippen LogP contribution in [0.1, 0.15) is 21.7 Å². The highest BCUT2D eigenvalue weighted by atomic mass is 127. The molecule has 0 saturated heterocycles. The van der Waals surface area contributed by atoms with Gasteiger partial charge in [-0.15, -0.1) is 0 Å². The van der Waals surface area contributed by atoms with Crippen LogP contribution in [0.15, 0.2) is 68.6 Å². The van der Waals surface area contributed by atoms with Crippen molar-refractivity contribution in [1.29, 1.82) is 0 Å². The topological polar surface area (TPSA) is 63.8 Å². The number of hydrogen-bond donors (Lipinski definition) is 1. The van der Waals surface area contributed by atoms with Crippen molar-refractivity contribution >= 4 is 107 Å². The van der Waals surface area contributed by atoms with Gasteiger partial charge in [-0.2, -0.15) is 5.10 Å². The number of rotatable bonds is 6. The predicted octanol–water partition coefficient (Wildman–Crippen LogP) is 7.49. The van der Waals surface area contributed by atoms with Gasteiger partial charge in [-0.3, -0.25) is 4.79 Å². The molecule has 4 rings (SSSR count). The third-order valence-electron chi connectivity index (χ3n) is 4.49. The number of nitrogens with one attached hydrogen (secondary N) is 1. The molecule has 0 saturated carbocycles. The average Bonchev–Trinajstić information content (AvgIpc) is 3.19. The van der Waals surface area contributed by atoms with Gasteiger partial charge in [0.15, 0.2) is 5.76 Å². The quantitative estimate of drug-likeness (QED) is 0.124. The van der Waals surface area contributed by atoms with E-state index in [0.717, 1.165) is 26.1 Å². The molecule has 3 aromatic carbocycles. The molecule has 0 spiro atoms. The SMILES string of the molecule is O=C(N/N=C\c1cc(I)c(OCc2ccccc2F)c(I)c1)c1cc2cc(Br)cc(I)c2o1. The summed E-state index contributed by atoms with van der Waals surface area (Å²) < 4.78 is 28.9. The molecule has 0 radical (unpaired) electrons. The number of carbonyl (C=O) groups excluding carboxylic acids is 1. The van der Waals surface area contributed by atoms with E-state index in [2.05, 4.69) is 94.2 Å². The summed E-state index contributed by atoms with van der Waals surface area (Å²) in [6.45, 7) is 0.134. The van der Waals surface area contributed by atoms with Crippen molar-refractivity contribution in [2.45, 2.75) is 6.61 Å². The smallest absolute Gasteiger partial charge is 0.307 e. The van der Waals surface area contributed by atoms with Crippen LogP contribution in [0, 0.1) is 16.5 Å². The number of hydrazone groups is 1. The maximum absolute atomic E-state index is 13.8. The maximum atomic E-state index is 13.8. The van der Waals surface area contributed by atoms with Gasteiger partial charge in [0.25, 0.3) is 0 Å². The van der Waals surface area contributed by atoms with E-state index >= 15 is 0 Å². The van der Waals surface area contributed by atoms with Crippen molar-refractivity contribution in [2.24, 2.45) is 5.10 Å². The summed E-state index contributed by atoms with van der Waals surface area (Å²) in [5, 5.41) is 4.88. The summed E-state index contributed by atoms with van der Waals surface area (Å²) in [4.78, 5) is 12.4. The first-order chi connectivity index (χ1) is 15.8. The van der Waals surface area contributed by atoms with E-state index in [0.29, 0.717) is 16.9 Å². The fourth-order valence-corrected chi connectivity index (χ4v) is 6.75. The number of nitrogens with zero attached hydrogens (tertiary/aromatic N) is 1. The molecule has 1 amide bonds. The molecule has 33 heavy (non-hydrogen) atoms. The third-order valence-corrected chi connectivity index (χ3v) is 7.35. The van der Waals surface area contributed by atoms with Crippen molar-refractivity contribution < 1.29 is 18.3 Å². The second-order valence-electron chi connectivity index (χ2n) is 6.81. The first kappa shape index (κ1) is 24.9. The molecule has 10 heteroatoms. The minimum atomic E-state index is -0.441. The van der Waals surface area contributed by atoms with Crippen LogP contribution in [-0.4, -0.2) is 12.1 Å². The number of hydrogen-bond acceptors (Lipinski definition) is 4. The number of amides is 1. The number of furan rings is 1. The Kier molecular flexibility index (Phi) is 8.28. The molecule has 0 aliphatic heterocycles. The number of fused-ring (bicyclic) bond motifs is 1. The number of ether oxygens (including phenoxy) is 1. The number of benzene rings is 3. The lowest BCUT2D eigenvalue weighted by Gasteiger charge is -2.12. The highest BCUT2D eigenvalue weighted by Gasteiger charge is 2.14. The lowest BCUT2D eigenvalue weighted by atomic mass is 10.2. The van der Waals surface area contributed by atoms with Crippen molar-refractivity contribution in [2.75, 3.05) is 0 Å². The molecule has 1 N–H and O–H groups in total.